The number of sulfonamides is 1. The number of halogens is 3. The largest absolute Gasteiger partial charge is 0.480 e. The molecule has 1 atom stereocenters. The van der Waals surface area contributed by atoms with Crippen molar-refractivity contribution in [1.29, 1.82) is 0 Å². The fraction of sp³-hybridized carbons (Fsp3) is 0.286. The van der Waals surface area contributed by atoms with Crippen molar-refractivity contribution in [2.24, 2.45) is 0 Å². The molecule has 0 amide bonds. The Kier molecular flexibility index (Phi) is 6.94. The number of aliphatic carboxylic acids is 1. The first-order valence-corrected chi connectivity index (χ1v) is 12.7. The minimum atomic E-state index is -3.98. The van der Waals surface area contributed by atoms with Gasteiger partial charge < -0.3 is 9.84 Å². The molecule has 1 N–H and O–H groups in total. The molecule has 3 aromatic rings. The summed E-state index contributed by atoms with van der Waals surface area (Å²) in [6.07, 6.45) is 4.53. The van der Waals surface area contributed by atoms with Gasteiger partial charge in [0.1, 0.15) is 11.4 Å². The van der Waals surface area contributed by atoms with Crippen LogP contribution in [0.3, 0.4) is 0 Å². The Morgan fingerprint density at radius 2 is 2.15 bits per heavy atom. The molecule has 0 aliphatic heterocycles. The van der Waals surface area contributed by atoms with E-state index >= 15 is 0 Å². The predicted molar refractivity (Wildman–Crippen MR) is 124 cm³/mol. The van der Waals surface area contributed by atoms with Crippen LogP contribution in [0.1, 0.15) is 30.1 Å². The number of hydrogen-bond acceptors (Lipinski definition) is 6. The van der Waals surface area contributed by atoms with Crippen molar-refractivity contribution in [3.8, 4) is 11.6 Å². The van der Waals surface area contributed by atoms with Gasteiger partial charge in [-0.05, 0) is 59.5 Å². The van der Waals surface area contributed by atoms with Crippen molar-refractivity contribution in [2.75, 3.05) is 7.05 Å². The summed E-state index contributed by atoms with van der Waals surface area (Å²) < 4.78 is 49.1. The fourth-order valence-corrected chi connectivity index (χ4v) is 5.94. The molecule has 0 radical (unpaired) electrons. The highest BCUT2D eigenvalue weighted by molar-refractivity contribution is 9.10. The lowest BCUT2D eigenvalue weighted by molar-refractivity contribution is -0.137. The van der Waals surface area contributed by atoms with E-state index in [4.69, 9.17) is 21.4 Å². The Morgan fingerprint density at radius 1 is 1.38 bits per heavy atom. The third-order valence-electron chi connectivity index (χ3n) is 5.51. The second-order valence-corrected chi connectivity index (χ2v) is 11.0. The van der Waals surface area contributed by atoms with Crippen LogP contribution in [-0.2, 0) is 27.8 Å². The summed E-state index contributed by atoms with van der Waals surface area (Å²) in [6, 6.07) is 4.72. The van der Waals surface area contributed by atoms with E-state index in [1.165, 1.54) is 40.4 Å². The molecule has 0 bridgehead atoms. The maximum atomic E-state index is 14.0. The Hall–Kier alpha value is -2.54. The van der Waals surface area contributed by atoms with Gasteiger partial charge in [-0.2, -0.15) is 9.40 Å². The molecule has 4 rings (SSSR count). The van der Waals surface area contributed by atoms with Crippen LogP contribution in [0.4, 0.5) is 4.39 Å². The monoisotopic (exact) mass is 572 g/mol. The summed E-state index contributed by atoms with van der Waals surface area (Å²) in [5.41, 5.74) is 1.40. The SMILES string of the molecule is CN(C1CCCc2c1cnn2CC(=O)O)S(=O)(=O)c1cnc(Oc2ccc(Cl)cc2F)c(Br)c1. The average molecular weight is 574 g/mol. The first kappa shape index (κ1) is 24.6. The van der Waals surface area contributed by atoms with Crippen molar-refractivity contribution in [3.05, 3.63) is 63.2 Å². The summed E-state index contributed by atoms with van der Waals surface area (Å²) in [5, 5.41) is 13.4. The second-order valence-electron chi connectivity index (χ2n) is 7.66. The molecule has 2 heterocycles. The van der Waals surface area contributed by atoms with Crippen molar-refractivity contribution in [3.63, 3.8) is 0 Å². The number of hydrogen-bond donors (Lipinski definition) is 1. The maximum absolute atomic E-state index is 14.0. The number of rotatable bonds is 7. The smallest absolute Gasteiger partial charge is 0.325 e. The van der Waals surface area contributed by atoms with Crippen LogP contribution < -0.4 is 4.74 Å². The molecule has 180 valence electrons. The van der Waals surface area contributed by atoms with E-state index in [9.17, 15) is 17.6 Å². The highest BCUT2D eigenvalue weighted by Crippen LogP contribution is 2.38. The molecule has 13 heteroatoms. The number of aromatic nitrogens is 3. The Bertz CT molecular complexity index is 1370. The van der Waals surface area contributed by atoms with Gasteiger partial charge in [0.2, 0.25) is 15.9 Å². The van der Waals surface area contributed by atoms with Crippen molar-refractivity contribution < 1.29 is 27.4 Å². The van der Waals surface area contributed by atoms with E-state index in [1.807, 2.05) is 0 Å². The topological polar surface area (TPSA) is 115 Å². The van der Waals surface area contributed by atoms with E-state index in [-0.39, 0.29) is 32.6 Å². The van der Waals surface area contributed by atoms with Gasteiger partial charge in [0.15, 0.2) is 11.6 Å². The lowest BCUT2D eigenvalue weighted by atomic mass is 9.93. The molecule has 1 aliphatic rings. The lowest BCUT2D eigenvalue weighted by Crippen LogP contribution is -2.33. The predicted octanol–water partition coefficient (Wildman–Crippen LogP) is 4.41. The van der Waals surface area contributed by atoms with Crippen LogP contribution in [0.2, 0.25) is 5.02 Å². The second kappa shape index (κ2) is 9.61. The normalized spacial score (nSPS) is 15.9. The highest BCUT2D eigenvalue weighted by Gasteiger charge is 2.34. The van der Waals surface area contributed by atoms with Gasteiger partial charge in [-0.1, -0.05) is 11.6 Å². The number of carboxylic acids is 1. The zero-order chi connectivity index (χ0) is 24.6. The van der Waals surface area contributed by atoms with Gasteiger partial charge in [0.05, 0.1) is 22.9 Å². The molecule has 1 unspecified atom stereocenters. The van der Waals surface area contributed by atoms with Gasteiger partial charge >= 0.3 is 5.97 Å². The van der Waals surface area contributed by atoms with Gasteiger partial charge in [-0.25, -0.2) is 17.8 Å². The van der Waals surface area contributed by atoms with E-state index in [0.717, 1.165) is 12.3 Å². The number of fused-ring (bicyclic) bond motifs is 1. The van der Waals surface area contributed by atoms with Crippen LogP contribution in [0.5, 0.6) is 11.6 Å². The van der Waals surface area contributed by atoms with Crippen LogP contribution in [0, 0.1) is 5.82 Å². The van der Waals surface area contributed by atoms with Crippen molar-refractivity contribution in [1.82, 2.24) is 19.1 Å². The number of carboxylic acid groups (broad SMARTS) is 1. The molecular formula is C21H19BrClFN4O5S. The van der Waals surface area contributed by atoms with E-state index < -0.39 is 27.9 Å². The molecular weight excluding hydrogens is 555 g/mol. The van der Waals surface area contributed by atoms with Crippen LogP contribution in [0.25, 0.3) is 0 Å². The number of nitrogens with zero attached hydrogens (tertiary/aromatic N) is 4. The minimum Gasteiger partial charge on any atom is -0.480 e. The van der Waals surface area contributed by atoms with E-state index in [1.54, 1.807) is 0 Å². The summed E-state index contributed by atoms with van der Waals surface area (Å²) in [6.45, 7) is -0.287. The molecule has 0 saturated heterocycles. The molecule has 1 aromatic carbocycles. The Morgan fingerprint density at radius 3 is 2.82 bits per heavy atom. The maximum Gasteiger partial charge on any atom is 0.325 e. The van der Waals surface area contributed by atoms with Crippen LogP contribution in [0.15, 0.2) is 46.0 Å². The number of ether oxygens (including phenoxy) is 1. The molecule has 0 saturated carbocycles. The average Bonchev–Trinajstić information content (AvgIpc) is 3.18. The number of benzene rings is 1. The minimum absolute atomic E-state index is 0.0160. The van der Waals surface area contributed by atoms with Crippen molar-refractivity contribution >= 4 is 43.5 Å². The van der Waals surface area contributed by atoms with Crippen LogP contribution >= 0.6 is 27.5 Å². The van der Waals surface area contributed by atoms with E-state index in [2.05, 4.69) is 26.0 Å². The summed E-state index contributed by atoms with van der Waals surface area (Å²) in [5.74, 6) is -1.84. The molecule has 2 aromatic heterocycles. The Balaban J connectivity index is 1.59. The summed E-state index contributed by atoms with van der Waals surface area (Å²) in [7, 11) is -2.52. The highest BCUT2D eigenvalue weighted by atomic mass is 79.9. The van der Waals surface area contributed by atoms with Crippen LogP contribution in [-0.4, -0.2) is 45.6 Å². The van der Waals surface area contributed by atoms with E-state index in [0.29, 0.717) is 30.5 Å². The number of pyridine rings is 1. The fourth-order valence-electron chi connectivity index (χ4n) is 3.86. The first-order valence-electron chi connectivity index (χ1n) is 10.1. The van der Waals surface area contributed by atoms with Gasteiger partial charge in [0, 0.05) is 23.3 Å². The molecule has 9 nitrogen and oxygen atoms in total. The zero-order valence-corrected chi connectivity index (χ0v) is 20.9. The van der Waals surface area contributed by atoms with Crippen molar-refractivity contribution in [2.45, 2.75) is 36.7 Å². The van der Waals surface area contributed by atoms with Gasteiger partial charge in [-0.3, -0.25) is 9.48 Å². The quantitative estimate of drug-likeness (QED) is 0.445. The molecule has 1 aliphatic carbocycles. The molecule has 0 fully saturated rings. The third kappa shape index (κ3) is 4.81. The van der Waals surface area contributed by atoms with Gasteiger partial charge in [0.25, 0.3) is 0 Å². The number of carbonyl (C=O) groups is 1. The standard InChI is InChI=1S/C21H19BrClFN4O5S/c1-27(17-3-2-4-18-14(17)10-26-28(18)11-20(29)30)34(31,32)13-8-15(22)21(25-9-13)33-19-6-5-12(23)7-16(19)24/h5-10,17H,2-4,11H2,1H3,(H,29,30). The summed E-state index contributed by atoms with van der Waals surface area (Å²) >= 11 is 8.99. The third-order valence-corrected chi connectivity index (χ3v) is 8.15. The van der Waals surface area contributed by atoms with Gasteiger partial charge in [-0.15, -0.1) is 0 Å². The first-order chi connectivity index (χ1) is 16.1. The summed E-state index contributed by atoms with van der Waals surface area (Å²) in [4.78, 5) is 15.1. The molecule has 34 heavy (non-hydrogen) atoms. The molecule has 0 spiro atoms. The lowest BCUT2D eigenvalue weighted by Gasteiger charge is -2.30. The zero-order valence-electron chi connectivity index (χ0n) is 17.8. The Labute approximate surface area is 208 Å².